The van der Waals surface area contributed by atoms with E-state index in [4.69, 9.17) is 0 Å². The van der Waals surface area contributed by atoms with E-state index in [1.165, 1.54) is 11.6 Å². The normalized spacial score (nSPS) is 12.4. The zero-order chi connectivity index (χ0) is 18.9. The molecule has 0 fully saturated rings. The van der Waals surface area contributed by atoms with E-state index in [0.717, 1.165) is 36.6 Å². The van der Waals surface area contributed by atoms with Crippen LogP contribution in [0.5, 0.6) is 0 Å². The van der Waals surface area contributed by atoms with Crippen molar-refractivity contribution in [1.82, 2.24) is 15.6 Å². The molecule has 1 atom stereocenters. The van der Waals surface area contributed by atoms with Gasteiger partial charge < -0.3 is 10.6 Å². The summed E-state index contributed by atoms with van der Waals surface area (Å²) < 4.78 is 13.2. The Morgan fingerprint density at radius 2 is 2.00 bits per heavy atom. The van der Waals surface area contributed by atoms with Crippen molar-refractivity contribution in [3.05, 3.63) is 65.2 Å². The SMILES string of the molecule is CN=C(NCCc1ccc(F)cc1C)NCC(c1cccnc1)C(C)C.I. The molecule has 0 radical (unpaired) electrons. The maximum atomic E-state index is 13.2. The molecule has 6 heteroatoms. The molecule has 1 heterocycles. The summed E-state index contributed by atoms with van der Waals surface area (Å²) in [5.74, 6) is 1.44. The molecule has 0 amide bonds. The highest BCUT2D eigenvalue weighted by Crippen LogP contribution is 2.22. The average Bonchev–Trinajstić information content (AvgIpc) is 2.62. The van der Waals surface area contributed by atoms with Crippen molar-refractivity contribution in [2.45, 2.75) is 33.1 Å². The number of nitrogens with one attached hydrogen (secondary N) is 2. The largest absolute Gasteiger partial charge is 0.356 e. The first-order valence-corrected chi connectivity index (χ1v) is 9.10. The number of guanidine groups is 1. The smallest absolute Gasteiger partial charge is 0.191 e. The number of aryl methyl sites for hydroxylation is 1. The molecule has 1 unspecified atom stereocenters. The van der Waals surface area contributed by atoms with Gasteiger partial charge in [0.25, 0.3) is 0 Å². The fourth-order valence-corrected chi connectivity index (χ4v) is 3.02. The van der Waals surface area contributed by atoms with E-state index in [1.807, 2.05) is 25.3 Å². The zero-order valence-electron chi connectivity index (χ0n) is 16.5. The van der Waals surface area contributed by atoms with Crippen molar-refractivity contribution in [1.29, 1.82) is 0 Å². The zero-order valence-corrected chi connectivity index (χ0v) is 18.8. The Morgan fingerprint density at radius 1 is 1.22 bits per heavy atom. The molecule has 0 saturated carbocycles. The summed E-state index contributed by atoms with van der Waals surface area (Å²) in [4.78, 5) is 8.53. The molecular formula is C21H30FIN4. The topological polar surface area (TPSA) is 49.3 Å². The minimum atomic E-state index is -0.188. The lowest BCUT2D eigenvalue weighted by molar-refractivity contribution is 0.487. The number of aromatic nitrogens is 1. The Bertz CT molecular complexity index is 719. The lowest BCUT2D eigenvalue weighted by Gasteiger charge is -2.23. The number of hydrogen-bond acceptors (Lipinski definition) is 2. The predicted molar refractivity (Wildman–Crippen MR) is 121 cm³/mol. The van der Waals surface area contributed by atoms with Crippen molar-refractivity contribution in [2.75, 3.05) is 20.1 Å². The molecule has 148 valence electrons. The molecule has 2 N–H and O–H groups in total. The molecule has 0 aliphatic heterocycles. The second-order valence-electron chi connectivity index (χ2n) is 6.84. The second-order valence-corrected chi connectivity index (χ2v) is 6.84. The van der Waals surface area contributed by atoms with Gasteiger partial charge in [-0.05, 0) is 54.2 Å². The van der Waals surface area contributed by atoms with Crippen molar-refractivity contribution in [3.63, 3.8) is 0 Å². The third-order valence-electron chi connectivity index (χ3n) is 4.62. The van der Waals surface area contributed by atoms with Gasteiger partial charge in [-0.15, -0.1) is 24.0 Å². The summed E-state index contributed by atoms with van der Waals surface area (Å²) in [6.45, 7) is 7.90. The monoisotopic (exact) mass is 484 g/mol. The van der Waals surface area contributed by atoms with Gasteiger partial charge in [-0.3, -0.25) is 9.98 Å². The van der Waals surface area contributed by atoms with Gasteiger partial charge in [0.15, 0.2) is 5.96 Å². The van der Waals surface area contributed by atoms with E-state index < -0.39 is 0 Å². The Hall–Kier alpha value is -1.70. The maximum absolute atomic E-state index is 13.2. The lowest BCUT2D eigenvalue weighted by atomic mass is 9.89. The van der Waals surface area contributed by atoms with Crippen LogP contribution in [0.25, 0.3) is 0 Å². The van der Waals surface area contributed by atoms with Crippen LogP contribution < -0.4 is 10.6 Å². The van der Waals surface area contributed by atoms with Crippen molar-refractivity contribution in [2.24, 2.45) is 10.9 Å². The molecule has 0 bridgehead atoms. The first-order chi connectivity index (χ1) is 12.5. The average molecular weight is 484 g/mol. The van der Waals surface area contributed by atoms with Crippen molar-refractivity contribution in [3.8, 4) is 0 Å². The highest BCUT2D eigenvalue weighted by Gasteiger charge is 2.16. The van der Waals surface area contributed by atoms with Gasteiger partial charge in [-0.25, -0.2) is 4.39 Å². The van der Waals surface area contributed by atoms with Gasteiger partial charge >= 0.3 is 0 Å². The molecule has 1 aromatic heterocycles. The molecular weight excluding hydrogens is 454 g/mol. The third-order valence-corrected chi connectivity index (χ3v) is 4.62. The van der Waals surface area contributed by atoms with Crippen molar-refractivity contribution < 1.29 is 4.39 Å². The number of aliphatic imine (C=N–C) groups is 1. The van der Waals surface area contributed by atoms with Gasteiger partial charge in [0.1, 0.15) is 5.82 Å². The number of halogens is 2. The third kappa shape index (κ3) is 7.44. The van der Waals surface area contributed by atoms with Crippen LogP contribution in [-0.2, 0) is 6.42 Å². The molecule has 2 rings (SSSR count). The predicted octanol–water partition coefficient (Wildman–Crippen LogP) is 4.29. The maximum Gasteiger partial charge on any atom is 0.191 e. The van der Waals surface area contributed by atoms with Gasteiger partial charge in [0.2, 0.25) is 0 Å². The number of rotatable bonds is 7. The van der Waals surface area contributed by atoms with Crippen molar-refractivity contribution >= 4 is 29.9 Å². The molecule has 27 heavy (non-hydrogen) atoms. The van der Waals surface area contributed by atoms with Crippen LogP contribution in [0.4, 0.5) is 4.39 Å². The molecule has 1 aromatic carbocycles. The van der Waals surface area contributed by atoms with Gasteiger partial charge in [-0.2, -0.15) is 0 Å². The number of pyridine rings is 1. The summed E-state index contributed by atoms with van der Waals surface area (Å²) in [6.07, 6.45) is 4.55. The highest BCUT2D eigenvalue weighted by molar-refractivity contribution is 14.0. The van der Waals surface area contributed by atoms with Crippen LogP contribution in [0.15, 0.2) is 47.7 Å². The second kappa shape index (κ2) is 11.9. The summed E-state index contributed by atoms with van der Waals surface area (Å²) in [7, 11) is 1.77. The van der Waals surface area contributed by atoms with Crippen LogP contribution in [0.2, 0.25) is 0 Å². The van der Waals surface area contributed by atoms with E-state index in [1.54, 1.807) is 19.3 Å². The standard InChI is InChI=1S/C21H29FN4.HI/c1-15(2)20(18-6-5-10-24-13-18)14-26-21(23-4)25-11-9-17-7-8-19(22)12-16(17)3;/h5-8,10,12-13,15,20H,9,11,14H2,1-4H3,(H2,23,25,26);1H. The van der Waals surface area contributed by atoms with E-state index >= 15 is 0 Å². The first-order valence-electron chi connectivity index (χ1n) is 9.10. The van der Waals surface area contributed by atoms with Crippen LogP contribution in [0.3, 0.4) is 0 Å². The Labute approximate surface area is 179 Å². The van der Waals surface area contributed by atoms with Crippen LogP contribution in [-0.4, -0.2) is 31.1 Å². The quantitative estimate of drug-likeness (QED) is 0.350. The fraction of sp³-hybridized carbons (Fsp3) is 0.429. The number of hydrogen-bond donors (Lipinski definition) is 2. The number of nitrogens with zero attached hydrogens (tertiary/aromatic N) is 2. The minimum absolute atomic E-state index is 0. The molecule has 2 aromatic rings. The number of benzene rings is 1. The summed E-state index contributed by atoms with van der Waals surface area (Å²) in [5.41, 5.74) is 3.35. The minimum Gasteiger partial charge on any atom is -0.356 e. The van der Waals surface area contributed by atoms with Crippen LogP contribution >= 0.6 is 24.0 Å². The van der Waals surface area contributed by atoms with Gasteiger partial charge in [0, 0.05) is 38.4 Å². The summed E-state index contributed by atoms with van der Waals surface area (Å²) in [6, 6.07) is 9.02. The molecule has 0 aliphatic carbocycles. The first kappa shape index (κ1) is 23.3. The van der Waals surface area contributed by atoms with Crippen LogP contribution in [0, 0.1) is 18.7 Å². The lowest BCUT2D eigenvalue weighted by Crippen LogP contribution is -2.41. The Balaban J connectivity index is 0.00000364. The molecule has 0 spiro atoms. The fourth-order valence-electron chi connectivity index (χ4n) is 3.02. The summed E-state index contributed by atoms with van der Waals surface area (Å²) >= 11 is 0. The Kier molecular flexibility index (Phi) is 10.3. The van der Waals surface area contributed by atoms with E-state index in [9.17, 15) is 4.39 Å². The Morgan fingerprint density at radius 3 is 2.59 bits per heavy atom. The molecule has 0 aliphatic rings. The van der Waals surface area contributed by atoms with Gasteiger partial charge in [0.05, 0.1) is 0 Å². The van der Waals surface area contributed by atoms with Crippen LogP contribution in [0.1, 0.15) is 36.5 Å². The van der Waals surface area contributed by atoms with E-state index in [2.05, 4.69) is 40.5 Å². The van der Waals surface area contributed by atoms with E-state index in [0.29, 0.717) is 11.8 Å². The van der Waals surface area contributed by atoms with Gasteiger partial charge in [-0.1, -0.05) is 26.0 Å². The van der Waals surface area contributed by atoms with E-state index in [-0.39, 0.29) is 29.8 Å². The molecule has 0 saturated heterocycles. The highest BCUT2D eigenvalue weighted by atomic mass is 127. The summed E-state index contributed by atoms with van der Waals surface area (Å²) in [5, 5.41) is 6.75. The molecule has 4 nitrogen and oxygen atoms in total.